The lowest BCUT2D eigenvalue weighted by atomic mass is 10.3. The van der Waals surface area contributed by atoms with Crippen LogP contribution in [0, 0.1) is 0 Å². The average molecular weight is 269 g/mol. The first-order chi connectivity index (χ1) is 6.89. The minimum Gasteiger partial charge on any atom is -0.480 e. The molecule has 0 saturated heterocycles. The van der Waals surface area contributed by atoms with Crippen LogP contribution in [0.15, 0.2) is 16.3 Å². The van der Waals surface area contributed by atoms with E-state index < -0.39 is 21.1 Å². The molecule has 4 nitrogen and oxygen atoms in total. The summed E-state index contributed by atoms with van der Waals surface area (Å²) in [6, 6.07) is 2.77. The Hall–Kier alpha value is -0.590. The summed E-state index contributed by atoms with van der Waals surface area (Å²) in [5.41, 5.74) is 0. The van der Waals surface area contributed by atoms with Crippen molar-refractivity contribution < 1.29 is 18.3 Å². The number of hydrogen-bond acceptors (Lipinski definition) is 4. The fraction of sp³-hybridized carbons (Fsp3) is 0.375. The maximum atomic E-state index is 11.8. The van der Waals surface area contributed by atoms with E-state index >= 15 is 0 Å². The molecule has 0 aliphatic heterocycles. The molecule has 15 heavy (non-hydrogen) atoms. The van der Waals surface area contributed by atoms with Crippen molar-refractivity contribution in [2.24, 2.45) is 0 Å². The van der Waals surface area contributed by atoms with Crippen LogP contribution in [0.4, 0.5) is 0 Å². The summed E-state index contributed by atoms with van der Waals surface area (Å²) in [6.45, 7) is 1.52. The van der Waals surface area contributed by atoms with Crippen molar-refractivity contribution in [3.05, 3.63) is 16.5 Å². The molecular weight excluding hydrogens is 260 g/mol. The van der Waals surface area contributed by atoms with Gasteiger partial charge >= 0.3 is 5.97 Å². The molecule has 0 saturated carbocycles. The molecule has 1 atom stereocenters. The third-order valence-electron chi connectivity index (χ3n) is 1.85. The molecule has 0 aliphatic rings. The molecule has 1 rings (SSSR count). The predicted octanol–water partition coefficient (Wildman–Crippen LogP) is 2.04. The van der Waals surface area contributed by atoms with E-state index in [1.165, 1.54) is 19.1 Å². The molecule has 0 aromatic carbocycles. The molecule has 0 radical (unpaired) electrons. The lowest BCUT2D eigenvalue weighted by Crippen LogP contribution is -2.28. The zero-order valence-corrected chi connectivity index (χ0v) is 10.2. The highest BCUT2D eigenvalue weighted by atomic mass is 35.5. The van der Waals surface area contributed by atoms with Crippen LogP contribution in [-0.2, 0) is 14.6 Å². The highest BCUT2D eigenvalue weighted by molar-refractivity contribution is 7.94. The third kappa shape index (κ3) is 2.50. The zero-order valence-electron chi connectivity index (χ0n) is 7.81. The number of rotatable bonds is 4. The van der Waals surface area contributed by atoms with Gasteiger partial charge in [-0.1, -0.05) is 18.5 Å². The van der Waals surface area contributed by atoms with Gasteiger partial charge in [-0.2, -0.15) is 0 Å². The van der Waals surface area contributed by atoms with Crippen molar-refractivity contribution in [2.75, 3.05) is 0 Å². The minimum absolute atomic E-state index is 0.00162. The second kappa shape index (κ2) is 4.51. The van der Waals surface area contributed by atoms with Crippen molar-refractivity contribution >= 4 is 38.7 Å². The third-order valence-corrected chi connectivity index (χ3v) is 5.80. The van der Waals surface area contributed by atoms with Crippen LogP contribution in [0.25, 0.3) is 0 Å². The van der Waals surface area contributed by atoms with E-state index in [0.717, 1.165) is 11.3 Å². The maximum Gasteiger partial charge on any atom is 0.322 e. The first-order valence-corrected chi connectivity index (χ1v) is 6.85. The number of carbonyl (C=O) groups is 1. The molecule has 0 bridgehead atoms. The lowest BCUT2D eigenvalue weighted by Gasteiger charge is -2.08. The Kier molecular flexibility index (Phi) is 3.75. The van der Waals surface area contributed by atoms with Gasteiger partial charge in [0, 0.05) is 0 Å². The van der Waals surface area contributed by atoms with Gasteiger partial charge in [-0.05, 0) is 18.6 Å². The van der Waals surface area contributed by atoms with Gasteiger partial charge in [0.25, 0.3) is 0 Å². The minimum atomic E-state index is -3.80. The predicted molar refractivity (Wildman–Crippen MR) is 58.2 cm³/mol. The molecule has 1 unspecified atom stereocenters. The Balaban J connectivity index is 3.17. The summed E-state index contributed by atoms with van der Waals surface area (Å²) < 4.78 is 23.9. The molecule has 84 valence electrons. The normalized spacial score (nSPS) is 13.7. The number of thiophene rings is 1. The summed E-state index contributed by atoms with van der Waals surface area (Å²) in [7, 11) is -3.80. The van der Waals surface area contributed by atoms with Gasteiger partial charge in [-0.15, -0.1) is 11.3 Å². The van der Waals surface area contributed by atoms with Crippen LogP contribution < -0.4 is 0 Å². The second-order valence-corrected chi connectivity index (χ2v) is 6.91. The van der Waals surface area contributed by atoms with E-state index in [1.54, 1.807) is 0 Å². The second-order valence-electron chi connectivity index (χ2n) is 2.84. The molecule has 7 heteroatoms. The monoisotopic (exact) mass is 268 g/mol. The van der Waals surface area contributed by atoms with Crippen LogP contribution in [0.5, 0.6) is 0 Å². The Bertz CT molecular complexity index is 463. The molecule has 0 aliphatic carbocycles. The van der Waals surface area contributed by atoms with Gasteiger partial charge in [0.15, 0.2) is 5.25 Å². The van der Waals surface area contributed by atoms with Gasteiger partial charge in [-0.3, -0.25) is 4.79 Å². The largest absolute Gasteiger partial charge is 0.480 e. The number of hydrogen-bond donors (Lipinski definition) is 1. The Labute approximate surface area is 96.4 Å². The topological polar surface area (TPSA) is 71.4 Å². The van der Waals surface area contributed by atoms with Crippen LogP contribution in [0.3, 0.4) is 0 Å². The van der Waals surface area contributed by atoms with Crippen molar-refractivity contribution in [1.82, 2.24) is 0 Å². The van der Waals surface area contributed by atoms with Crippen molar-refractivity contribution in [3.63, 3.8) is 0 Å². The Morgan fingerprint density at radius 1 is 1.60 bits per heavy atom. The average Bonchev–Trinajstić information content (AvgIpc) is 2.52. The Morgan fingerprint density at radius 2 is 2.20 bits per heavy atom. The Morgan fingerprint density at radius 3 is 2.53 bits per heavy atom. The number of aliphatic carboxylic acids is 1. The zero-order chi connectivity index (χ0) is 11.6. The number of sulfone groups is 1. The highest BCUT2D eigenvalue weighted by Crippen LogP contribution is 2.29. The van der Waals surface area contributed by atoms with Crippen LogP contribution in [-0.4, -0.2) is 24.7 Å². The van der Waals surface area contributed by atoms with Gasteiger partial charge in [-0.25, -0.2) is 8.42 Å². The van der Waals surface area contributed by atoms with E-state index in [-0.39, 0.29) is 10.6 Å². The first-order valence-electron chi connectivity index (χ1n) is 4.11. The summed E-state index contributed by atoms with van der Waals surface area (Å²) >= 11 is 6.47. The van der Waals surface area contributed by atoms with Crippen molar-refractivity contribution in [3.8, 4) is 0 Å². The fourth-order valence-corrected chi connectivity index (χ4v) is 4.36. The summed E-state index contributed by atoms with van der Waals surface area (Å²) in [6.07, 6.45) is 0.0349. The van der Waals surface area contributed by atoms with Crippen molar-refractivity contribution in [2.45, 2.75) is 22.8 Å². The number of carboxylic acids is 1. The summed E-state index contributed by atoms with van der Waals surface area (Å²) in [4.78, 5) is 10.7. The number of halogens is 1. The van der Waals surface area contributed by atoms with Gasteiger partial charge < -0.3 is 5.11 Å². The standard InChI is InChI=1S/C8H9ClO4S2/c1-2-5(8(10)11)15(12,13)7-4-3-6(9)14-7/h3-5H,2H2,1H3,(H,10,11). The molecule has 0 spiro atoms. The molecule has 1 aromatic heterocycles. The van der Waals surface area contributed by atoms with Gasteiger partial charge in [0.05, 0.1) is 4.34 Å². The first kappa shape index (κ1) is 12.5. The van der Waals surface area contributed by atoms with Gasteiger partial charge in [0.2, 0.25) is 9.84 Å². The maximum absolute atomic E-state index is 11.8. The summed E-state index contributed by atoms with van der Waals surface area (Å²) in [5.74, 6) is -1.33. The molecule has 0 fully saturated rings. The quantitative estimate of drug-likeness (QED) is 0.907. The van der Waals surface area contributed by atoms with E-state index in [0.29, 0.717) is 4.34 Å². The van der Waals surface area contributed by atoms with E-state index in [9.17, 15) is 13.2 Å². The molecular formula is C8H9ClO4S2. The van der Waals surface area contributed by atoms with Gasteiger partial charge in [0.1, 0.15) is 4.21 Å². The molecule has 1 heterocycles. The SMILES string of the molecule is CCC(C(=O)O)S(=O)(=O)c1ccc(Cl)s1. The number of carboxylic acid groups (broad SMARTS) is 1. The van der Waals surface area contributed by atoms with Crippen LogP contribution in [0.2, 0.25) is 4.34 Å². The smallest absolute Gasteiger partial charge is 0.322 e. The molecule has 1 N–H and O–H groups in total. The van der Waals surface area contributed by atoms with Crippen LogP contribution in [0.1, 0.15) is 13.3 Å². The van der Waals surface area contributed by atoms with Crippen molar-refractivity contribution in [1.29, 1.82) is 0 Å². The van der Waals surface area contributed by atoms with E-state index in [4.69, 9.17) is 16.7 Å². The fourth-order valence-electron chi connectivity index (χ4n) is 1.12. The lowest BCUT2D eigenvalue weighted by molar-refractivity contribution is -0.136. The summed E-state index contributed by atoms with van der Waals surface area (Å²) in [5, 5.41) is 7.37. The molecule has 1 aromatic rings. The molecule has 0 amide bonds. The highest BCUT2D eigenvalue weighted by Gasteiger charge is 2.33. The van der Waals surface area contributed by atoms with Crippen LogP contribution >= 0.6 is 22.9 Å². The van der Waals surface area contributed by atoms with E-state index in [1.807, 2.05) is 0 Å². The van der Waals surface area contributed by atoms with E-state index in [2.05, 4.69) is 0 Å².